The summed E-state index contributed by atoms with van der Waals surface area (Å²) in [6.45, 7) is 1.89. The van der Waals surface area contributed by atoms with Gasteiger partial charge in [0.2, 0.25) is 0 Å². The lowest BCUT2D eigenvalue weighted by molar-refractivity contribution is -0.142. The van der Waals surface area contributed by atoms with Crippen LogP contribution in [-0.2, 0) is 19.7 Å². The van der Waals surface area contributed by atoms with Crippen LogP contribution in [0, 0.1) is 6.92 Å². The molecule has 0 radical (unpaired) electrons. The Morgan fingerprint density at radius 3 is 2.27 bits per heavy atom. The lowest BCUT2D eigenvalue weighted by atomic mass is 10.1. The molecule has 0 amide bonds. The molecule has 5 aromatic rings. The van der Waals surface area contributed by atoms with E-state index in [9.17, 15) is 18.0 Å². The molecule has 1 saturated heterocycles. The van der Waals surface area contributed by atoms with Gasteiger partial charge in [-0.15, -0.1) is 0 Å². The van der Waals surface area contributed by atoms with Crippen molar-refractivity contribution in [1.82, 2.24) is 15.1 Å². The molecule has 0 saturated carbocycles. The second-order valence-electron chi connectivity index (χ2n) is 9.34. The Morgan fingerprint density at radius 2 is 1.54 bits per heavy atom. The van der Waals surface area contributed by atoms with E-state index in [1.807, 2.05) is 6.92 Å². The van der Waals surface area contributed by atoms with Gasteiger partial charge in [0.25, 0.3) is 21.0 Å². The molecular formula is C29H22ClN5O5S. The normalized spacial score (nSPS) is 15.2. The minimum absolute atomic E-state index is 0.179. The number of aryl methyl sites for hydroxylation is 1. The molecule has 1 aliphatic rings. The summed E-state index contributed by atoms with van der Waals surface area (Å²) in [5.41, 5.74) is 5.16. The van der Waals surface area contributed by atoms with E-state index in [4.69, 9.17) is 21.4 Å². The molecule has 1 aromatic heterocycles. The number of para-hydroxylation sites is 1. The largest absolute Gasteiger partial charge is 0.368 e. The Kier molecular flexibility index (Phi) is 6.70. The van der Waals surface area contributed by atoms with Crippen LogP contribution < -0.4 is 20.9 Å². The fourth-order valence-electron chi connectivity index (χ4n) is 4.55. The molecule has 2 N–H and O–H groups in total. The van der Waals surface area contributed by atoms with Crippen LogP contribution >= 0.6 is 11.6 Å². The van der Waals surface area contributed by atoms with Crippen LogP contribution in [0.1, 0.15) is 5.56 Å². The molecule has 1 aliphatic heterocycles. The Hall–Kier alpha value is -4.71. The summed E-state index contributed by atoms with van der Waals surface area (Å²) in [4.78, 5) is 35.7. The molecule has 206 valence electrons. The van der Waals surface area contributed by atoms with Crippen molar-refractivity contribution in [3.05, 3.63) is 118 Å². The molecule has 6 rings (SSSR count). The van der Waals surface area contributed by atoms with Crippen molar-refractivity contribution >= 4 is 49.9 Å². The molecule has 4 aromatic carbocycles. The number of rotatable bonds is 6. The molecule has 1 fully saturated rings. The smallest absolute Gasteiger partial charge is 0.347 e. The van der Waals surface area contributed by atoms with Crippen molar-refractivity contribution in [3.8, 4) is 17.1 Å². The minimum Gasteiger partial charge on any atom is -0.347 e. The Morgan fingerprint density at radius 1 is 0.878 bits per heavy atom. The first-order valence-corrected chi connectivity index (χ1v) is 14.4. The third-order valence-electron chi connectivity index (χ3n) is 6.56. The molecule has 0 spiro atoms. The topological polar surface area (TPSA) is 123 Å². The third kappa shape index (κ3) is 4.91. The number of hydrogen-bond donors (Lipinski definition) is 2. The summed E-state index contributed by atoms with van der Waals surface area (Å²) < 4.78 is 30.5. The van der Waals surface area contributed by atoms with E-state index in [-0.39, 0.29) is 11.2 Å². The van der Waals surface area contributed by atoms with Gasteiger partial charge in [0.1, 0.15) is 5.82 Å². The zero-order valence-electron chi connectivity index (χ0n) is 21.5. The van der Waals surface area contributed by atoms with Crippen LogP contribution in [0.3, 0.4) is 0 Å². The van der Waals surface area contributed by atoms with Crippen molar-refractivity contribution in [2.24, 2.45) is 0 Å². The fourth-order valence-corrected chi connectivity index (χ4v) is 6.09. The van der Waals surface area contributed by atoms with E-state index in [2.05, 4.69) is 10.3 Å². The molecule has 41 heavy (non-hydrogen) atoms. The van der Waals surface area contributed by atoms with Crippen molar-refractivity contribution < 1.29 is 18.0 Å². The van der Waals surface area contributed by atoms with Crippen molar-refractivity contribution in [1.29, 1.82) is 0 Å². The first-order valence-electron chi connectivity index (χ1n) is 12.4. The van der Waals surface area contributed by atoms with Gasteiger partial charge in [0, 0.05) is 11.3 Å². The van der Waals surface area contributed by atoms with E-state index >= 15 is 0 Å². The first-order chi connectivity index (χ1) is 19.7. The minimum atomic E-state index is -4.30. The summed E-state index contributed by atoms with van der Waals surface area (Å²) in [7, 11) is -4.30. The maximum atomic E-state index is 13.7. The van der Waals surface area contributed by atoms with Gasteiger partial charge >= 0.3 is 5.97 Å². The summed E-state index contributed by atoms with van der Waals surface area (Å²) >= 11 is 6.48. The SMILES string of the molecule is Cc1ccc(N2NOC(=O)C2S(=O)(=O)Nc2ccc(-n3c(-c4ccccc4Cl)nc4ccccc4c3=O)cc2)cc1. The lowest BCUT2D eigenvalue weighted by Gasteiger charge is -2.22. The maximum Gasteiger partial charge on any atom is 0.368 e. The second kappa shape index (κ2) is 10.4. The Bertz CT molecular complexity index is 1960. The number of sulfonamides is 1. The van der Waals surface area contributed by atoms with Crippen molar-refractivity contribution in [3.63, 3.8) is 0 Å². The standard InChI is InChI=1S/C29H22ClN5O5S/c1-18-10-14-21(15-11-18)35-28(29(37)40-33-35)41(38,39)32-19-12-16-20(17-13-19)34-26(22-6-2-4-8-24(22)30)31-25-9-5-3-7-23(25)27(34)36/h2-17,28,32-33H,1H3. The van der Waals surface area contributed by atoms with Gasteiger partial charge in [-0.2, -0.15) is 0 Å². The number of carbonyl (C=O) groups excluding carboxylic acids is 1. The molecule has 0 bridgehead atoms. The number of fused-ring (bicyclic) bond motifs is 1. The molecule has 1 unspecified atom stereocenters. The van der Waals surface area contributed by atoms with Crippen molar-refractivity contribution in [2.75, 3.05) is 9.73 Å². The zero-order chi connectivity index (χ0) is 28.7. The number of hydrogen-bond acceptors (Lipinski definition) is 8. The maximum absolute atomic E-state index is 13.7. The van der Waals surface area contributed by atoms with Crippen LogP contribution in [0.25, 0.3) is 28.0 Å². The van der Waals surface area contributed by atoms with E-state index < -0.39 is 21.4 Å². The van der Waals surface area contributed by atoms with Gasteiger partial charge < -0.3 is 4.84 Å². The van der Waals surface area contributed by atoms with E-state index in [0.29, 0.717) is 38.7 Å². The predicted molar refractivity (Wildman–Crippen MR) is 157 cm³/mol. The van der Waals surface area contributed by atoms with Crippen molar-refractivity contribution in [2.45, 2.75) is 12.3 Å². The van der Waals surface area contributed by atoms with Gasteiger partial charge in [-0.05, 0) is 67.6 Å². The van der Waals surface area contributed by atoms with E-state index in [1.165, 1.54) is 16.7 Å². The van der Waals surface area contributed by atoms with Gasteiger partial charge in [0.15, 0.2) is 0 Å². The molecule has 12 heteroatoms. The van der Waals surface area contributed by atoms with Gasteiger partial charge in [-0.1, -0.05) is 59.2 Å². The number of anilines is 2. The van der Waals surface area contributed by atoms with E-state index in [0.717, 1.165) is 10.6 Å². The Balaban J connectivity index is 1.36. The lowest BCUT2D eigenvalue weighted by Crippen LogP contribution is -2.46. The highest BCUT2D eigenvalue weighted by molar-refractivity contribution is 7.94. The summed E-state index contributed by atoms with van der Waals surface area (Å²) in [6, 6.07) is 27.1. The van der Waals surface area contributed by atoms with E-state index in [1.54, 1.807) is 84.9 Å². The monoisotopic (exact) mass is 587 g/mol. The summed E-state index contributed by atoms with van der Waals surface area (Å²) in [5, 5.41) is 0.290. The molecule has 1 atom stereocenters. The number of nitrogens with one attached hydrogen (secondary N) is 2. The molecule has 2 heterocycles. The van der Waals surface area contributed by atoms with Crippen LogP contribution in [0.4, 0.5) is 11.4 Å². The van der Waals surface area contributed by atoms with Gasteiger partial charge in [-0.3, -0.25) is 14.1 Å². The van der Waals surface area contributed by atoms with Crippen LogP contribution in [0.2, 0.25) is 5.02 Å². The summed E-state index contributed by atoms with van der Waals surface area (Å²) in [5.74, 6) is -0.644. The van der Waals surface area contributed by atoms with Crippen LogP contribution in [0.15, 0.2) is 102 Å². The highest BCUT2D eigenvalue weighted by Gasteiger charge is 2.46. The fraction of sp³-hybridized carbons (Fsp3) is 0.0690. The molecule has 0 aliphatic carbocycles. The zero-order valence-corrected chi connectivity index (χ0v) is 23.1. The highest BCUT2D eigenvalue weighted by Crippen LogP contribution is 2.29. The number of benzene rings is 4. The second-order valence-corrected chi connectivity index (χ2v) is 11.5. The predicted octanol–water partition coefficient (Wildman–Crippen LogP) is 4.57. The summed E-state index contributed by atoms with van der Waals surface area (Å²) in [6.07, 6.45) is 0. The quantitative estimate of drug-likeness (QED) is 0.296. The number of aromatic nitrogens is 2. The average Bonchev–Trinajstić information content (AvgIpc) is 3.36. The number of nitrogens with zero attached hydrogens (tertiary/aromatic N) is 3. The van der Waals surface area contributed by atoms with Gasteiger partial charge in [-0.25, -0.2) is 23.2 Å². The molecule has 10 nitrogen and oxygen atoms in total. The number of hydrazine groups is 1. The average molecular weight is 588 g/mol. The third-order valence-corrected chi connectivity index (χ3v) is 8.40. The Labute approximate surface area is 239 Å². The highest BCUT2D eigenvalue weighted by atomic mass is 35.5. The molecular weight excluding hydrogens is 566 g/mol. The number of halogens is 1. The van der Waals surface area contributed by atoms with Crippen LogP contribution in [-0.4, -0.2) is 29.3 Å². The first kappa shape index (κ1) is 26.5. The van der Waals surface area contributed by atoms with Crippen LogP contribution in [0.5, 0.6) is 0 Å². The van der Waals surface area contributed by atoms with Gasteiger partial charge in [0.05, 0.1) is 27.3 Å². The number of carbonyl (C=O) groups is 1.